The molecular formula is C33H37BO8S2. The van der Waals surface area contributed by atoms with Gasteiger partial charge >= 0.3 is 13.1 Å². The predicted molar refractivity (Wildman–Crippen MR) is 168 cm³/mol. The molecule has 8 nitrogen and oxygen atoms in total. The molecule has 0 aromatic heterocycles. The molecule has 2 aliphatic rings. The van der Waals surface area contributed by atoms with E-state index in [1.807, 2.05) is 27.7 Å². The highest BCUT2D eigenvalue weighted by molar-refractivity contribution is 8.10. The highest BCUT2D eigenvalue weighted by atomic mass is 32.3. The number of ether oxygens (including phenoxy) is 1. The van der Waals surface area contributed by atoms with Crippen molar-refractivity contribution in [1.82, 2.24) is 0 Å². The van der Waals surface area contributed by atoms with Gasteiger partial charge < -0.3 is 14.0 Å². The molecule has 232 valence electrons. The first kappa shape index (κ1) is 32.2. The summed E-state index contributed by atoms with van der Waals surface area (Å²) in [5.74, 6) is -2.07. The van der Waals surface area contributed by atoms with Crippen molar-refractivity contribution in [2.75, 3.05) is 6.61 Å². The Kier molecular flexibility index (Phi) is 8.48. The summed E-state index contributed by atoms with van der Waals surface area (Å²) in [6.45, 7) is 11.5. The Balaban J connectivity index is 1.60. The summed E-state index contributed by atoms with van der Waals surface area (Å²) >= 11 is 0. The Morgan fingerprint density at radius 2 is 1.25 bits per heavy atom. The van der Waals surface area contributed by atoms with Crippen LogP contribution in [-0.2, 0) is 33.7 Å². The molecule has 0 bridgehead atoms. The van der Waals surface area contributed by atoms with E-state index in [4.69, 9.17) is 14.0 Å². The Labute approximate surface area is 260 Å². The third-order valence-corrected chi connectivity index (χ3v) is 14.9. The molecule has 1 saturated heterocycles. The average molecular weight is 637 g/mol. The van der Waals surface area contributed by atoms with Crippen LogP contribution in [-0.4, -0.2) is 51.8 Å². The zero-order valence-corrected chi connectivity index (χ0v) is 26.9. The molecule has 5 rings (SSSR count). The smallest absolute Gasteiger partial charge is 0.462 e. The van der Waals surface area contributed by atoms with Gasteiger partial charge in [-0.2, -0.15) is 0 Å². The number of carbonyl (C=O) groups is 1. The number of hydrogen-bond donors (Lipinski definition) is 0. The van der Waals surface area contributed by atoms with Crippen molar-refractivity contribution in [3.05, 3.63) is 109 Å². The van der Waals surface area contributed by atoms with Crippen molar-refractivity contribution in [3.8, 4) is 0 Å². The van der Waals surface area contributed by atoms with E-state index in [0.717, 1.165) is 0 Å². The van der Waals surface area contributed by atoms with Crippen LogP contribution in [0.1, 0.15) is 50.9 Å². The molecular weight excluding hydrogens is 599 g/mol. The number of rotatable bonds is 9. The predicted octanol–water partition coefficient (Wildman–Crippen LogP) is 5.92. The number of carbonyl (C=O) groups excluding carboxylic acids is 1. The quantitative estimate of drug-likeness (QED) is 0.162. The molecule has 1 aliphatic heterocycles. The first-order valence-corrected chi connectivity index (χ1v) is 17.4. The Hall–Kier alpha value is -3.25. The molecule has 2 fully saturated rings. The van der Waals surface area contributed by atoms with E-state index in [2.05, 4.69) is 6.58 Å². The minimum Gasteiger partial charge on any atom is -0.462 e. The van der Waals surface area contributed by atoms with Gasteiger partial charge in [0, 0.05) is 12.2 Å². The van der Waals surface area contributed by atoms with Gasteiger partial charge in [-0.1, -0.05) is 66.7 Å². The molecule has 0 spiro atoms. The van der Waals surface area contributed by atoms with Crippen molar-refractivity contribution in [3.63, 3.8) is 0 Å². The van der Waals surface area contributed by atoms with Crippen molar-refractivity contribution in [2.45, 2.75) is 71.4 Å². The third kappa shape index (κ3) is 5.44. The Morgan fingerprint density at radius 1 is 0.818 bits per heavy atom. The molecule has 11 heteroatoms. The highest BCUT2D eigenvalue weighted by Gasteiger charge is 2.64. The lowest BCUT2D eigenvalue weighted by molar-refractivity contribution is 0.00578. The van der Waals surface area contributed by atoms with Crippen LogP contribution in [0, 0.1) is 5.92 Å². The van der Waals surface area contributed by atoms with Crippen molar-refractivity contribution in [2.24, 2.45) is 5.92 Å². The lowest BCUT2D eigenvalue weighted by atomic mass is 9.64. The topological polar surface area (TPSA) is 113 Å². The van der Waals surface area contributed by atoms with E-state index in [0.29, 0.717) is 11.1 Å². The maximum absolute atomic E-state index is 14.5. The second-order valence-electron chi connectivity index (χ2n) is 12.4. The second kappa shape index (κ2) is 11.6. The van der Waals surface area contributed by atoms with Crippen LogP contribution in [0.5, 0.6) is 0 Å². The van der Waals surface area contributed by atoms with Crippen molar-refractivity contribution < 1.29 is 35.7 Å². The summed E-state index contributed by atoms with van der Waals surface area (Å²) in [5.41, 5.74) is -0.747. The van der Waals surface area contributed by atoms with Crippen LogP contribution in [0.4, 0.5) is 0 Å². The second-order valence-corrected chi connectivity index (χ2v) is 17.2. The van der Waals surface area contributed by atoms with Gasteiger partial charge in [-0.3, -0.25) is 0 Å². The van der Waals surface area contributed by atoms with Crippen LogP contribution in [0.3, 0.4) is 0 Å². The SMILES string of the molecule is C=C1CC(S(=O)(=O)c2ccccc2)(S(=O)(=O)c2ccccc2)C[C@@H]1[C@H](COC(=O)c1ccccc1)B1OC(C)(C)C(C)(C)O1. The average Bonchev–Trinajstić information content (AvgIpc) is 3.47. The molecule has 3 aromatic carbocycles. The van der Waals surface area contributed by atoms with Gasteiger partial charge in [0.2, 0.25) is 0 Å². The lowest BCUT2D eigenvalue weighted by Crippen LogP contribution is -2.45. The molecule has 0 unspecified atom stereocenters. The molecule has 44 heavy (non-hydrogen) atoms. The number of esters is 1. The van der Waals surface area contributed by atoms with Crippen molar-refractivity contribution in [1.29, 1.82) is 0 Å². The molecule has 1 saturated carbocycles. The van der Waals surface area contributed by atoms with Gasteiger partial charge in [-0.15, -0.1) is 0 Å². The number of allylic oxidation sites excluding steroid dienone is 1. The fourth-order valence-corrected chi connectivity index (χ4v) is 11.1. The number of sulfone groups is 2. The van der Waals surface area contributed by atoms with Crippen LogP contribution in [0.25, 0.3) is 0 Å². The van der Waals surface area contributed by atoms with Crippen LogP contribution in [0.2, 0.25) is 5.82 Å². The maximum atomic E-state index is 14.5. The maximum Gasteiger partial charge on any atom is 0.465 e. The van der Waals surface area contributed by atoms with Gasteiger partial charge in [0.15, 0.2) is 23.8 Å². The molecule has 2 atom stereocenters. The molecule has 1 aliphatic carbocycles. The molecule has 0 N–H and O–H groups in total. The summed E-state index contributed by atoms with van der Waals surface area (Å²) in [7, 11) is -9.90. The first-order valence-electron chi connectivity index (χ1n) is 14.5. The van der Waals surface area contributed by atoms with E-state index < -0.39 is 59.8 Å². The Morgan fingerprint density at radius 3 is 1.70 bits per heavy atom. The highest BCUT2D eigenvalue weighted by Crippen LogP contribution is 2.56. The van der Waals surface area contributed by atoms with E-state index >= 15 is 0 Å². The largest absolute Gasteiger partial charge is 0.465 e. The van der Waals surface area contributed by atoms with Gasteiger partial charge in [0.05, 0.1) is 33.2 Å². The summed E-state index contributed by atoms with van der Waals surface area (Å²) in [5, 5.41) is 0. The molecule has 0 radical (unpaired) electrons. The Bertz CT molecular complexity index is 1650. The minimum atomic E-state index is -4.49. The summed E-state index contributed by atoms with van der Waals surface area (Å²) in [4.78, 5) is 12.8. The number of hydrogen-bond acceptors (Lipinski definition) is 8. The van der Waals surface area contributed by atoms with E-state index in [9.17, 15) is 21.6 Å². The summed E-state index contributed by atoms with van der Waals surface area (Å²) < 4.78 is 74.3. The van der Waals surface area contributed by atoms with Gasteiger partial charge in [0.1, 0.15) is 0 Å². The van der Waals surface area contributed by atoms with Crippen LogP contribution >= 0.6 is 0 Å². The van der Waals surface area contributed by atoms with Gasteiger partial charge in [0.25, 0.3) is 0 Å². The standard InChI is InChI=1S/C33H37BO8S2/c1-24-21-33(43(36,37)26-17-11-7-12-18-26,44(38,39)27-19-13-8-14-20-27)22-28(24)29(34-41-31(2,3)32(4,5)42-34)23-40-30(35)25-15-9-6-10-16-25/h6-20,28-29H,1,21-23H2,2-5H3/t28-,29-/m0/s1. The minimum absolute atomic E-state index is 0.101. The summed E-state index contributed by atoms with van der Waals surface area (Å²) in [6.07, 6.45) is -0.660. The first-order chi connectivity index (χ1) is 20.6. The third-order valence-electron chi connectivity index (χ3n) is 9.19. The van der Waals surface area contributed by atoms with Crippen LogP contribution in [0.15, 0.2) is 113 Å². The molecule has 0 amide bonds. The van der Waals surface area contributed by atoms with Gasteiger partial charge in [-0.25, -0.2) is 21.6 Å². The fraction of sp³-hybridized carbons (Fsp3) is 0.364. The molecule has 3 aromatic rings. The zero-order chi connectivity index (χ0) is 32.0. The fourth-order valence-electron chi connectivity index (χ4n) is 5.94. The normalized spacial score (nSPS) is 21.6. The van der Waals surface area contributed by atoms with E-state index in [1.54, 1.807) is 66.7 Å². The van der Waals surface area contributed by atoms with E-state index in [1.165, 1.54) is 24.3 Å². The summed E-state index contributed by atoms with van der Waals surface area (Å²) in [6, 6.07) is 23.7. The van der Waals surface area contributed by atoms with Gasteiger partial charge in [-0.05, 0) is 76.4 Å². The molecule has 1 heterocycles. The lowest BCUT2D eigenvalue weighted by Gasteiger charge is -2.32. The zero-order valence-electron chi connectivity index (χ0n) is 25.3. The number of benzene rings is 3. The van der Waals surface area contributed by atoms with Crippen LogP contribution < -0.4 is 0 Å². The van der Waals surface area contributed by atoms with E-state index in [-0.39, 0.29) is 29.2 Å². The van der Waals surface area contributed by atoms with Crippen molar-refractivity contribution >= 4 is 32.8 Å². The monoisotopic (exact) mass is 636 g/mol.